The number of pyridine rings is 1. The normalized spacial score (nSPS) is 11.9. The Balaban J connectivity index is 1.67. The largest absolute Gasteiger partial charge is 0.493 e. The van der Waals surface area contributed by atoms with Crippen LogP contribution in [0.5, 0.6) is 23.0 Å². The summed E-state index contributed by atoms with van der Waals surface area (Å²) in [6, 6.07) is 19.0. The maximum Gasteiger partial charge on any atom is 0.217 e. The number of methoxy groups -OCH3 is 3. The second-order valence-corrected chi connectivity index (χ2v) is 10.5. The van der Waals surface area contributed by atoms with Crippen molar-refractivity contribution in [2.45, 2.75) is 38.6 Å². The molecular weight excluding hydrogens is 556 g/mol. The van der Waals surface area contributed by atoms with Crippen molar-refractivity contribution in [2.24, 2.45) is 0 Å². The molecule has 0 bridgehead atoms. The van der Waals surface area contributed by atoms with Crippen LogP contribution in [0, 0.1) is 11.3 Å². The highest BCUT2D eigenvalue weighted by molar-refractivity contribution is 9.10. The van der Waals surface area contributed by atoms with Crippen molar-refractivity contribution in [1.29, 1.82) is 5.26 Å². The van der Waals surface area contributed by atoms with Gasteiger partial charge >= 0.3 is 0 Å². The van der Waals surface area contributed by atoms with Crippen molar-refractivity contribution in [3.8, 4) is 40.3 Å². The van der Waals surface area contributed by atoms with E-state index in [9.17, 15) is 0 Å². The highest BCUT2D eigenvalue weighted by Crippen LogP contribution is 2.43. The third kappa shape index (κ3) is 5.39. The van der Waals surface area contributed by atoms with Gasteiger partial charge in [0, 0.05) is 34.7 Å². The number of nitriles is 1. The standard InChI is InChI=1S/C32H32BrN2O4/c1-36-28-12-11-24-26(17-21-7-9-23(33)10-8-21)31-25-19-29(37-2)30(39-16-6-4-5-14-34)18-22(25)13-15-35(31)20-27(24)32(28)38-3/h7-12,18-20H,4-6,13,15-17H2,1-3H3/q+1. The van der Waals surface area contributed by atoms with Crippen molar-refractivity contribution in [3.05, 3.63) is 75.9 Å². The molecule has 2 heterocycles. The fraction of sp³-hybridized carbons (Fsp3) is 0.312. The van der Waals surface area contributed by atoms with Crippen molar-refractivity contribution in [1.82, 2.24) is 0 Å². The van der Waals surface area contributed by atoms with Crippen LogP contribution in [0.4, 0.5) is 0 Å². The van der Waals surface area contributed by atoms with Crippen molar-refractivity contribution < 1.29 is 23.5 Å². The van der Waals surface area contributed by atoms with Crippen molar-refractivity contribution in [3.63, 3.8) is 0 Å². The number of rotatable bonds is 10. The number of hydrogen-bond acceptors (Lipinski definition) is 5. The molecule has 200 valence electrons. The van der Waals surface area contributed by atoms with Crippen LogP contribution in [0.15, 0.2) is 59.2 Å². The van der Waals surface area contributed by atoms with Gasteiger partial charge in [-0.15, -0.1) is 0 Å². The summed E-state index contributed by atoms with van der Waals surface area (Å²) in [6.07, 6.45) is 6.03. The molecule has 5 rings (SSSR count). The van der Waals surface area contributed by atoms with Crippen molar-refractivity contribution in [2.75, 3.05) is 27.9 Å². The molecule has 0 radical (unpaired) electrons. The minimum absolute atomic E-state index is 0.546. The van der Waals surface area contributed by atoms with E-state index in [4.69, 9.17) is 24.2 Å². The zero-order chi connectivity index (χ0) is 27.4. The molecule has 0 aliphatic carbocycles. The van der Waals surface area contributed by atoms with Crippen LogP contribution >= 0.6 is 15.9 Å². The lowest BCUT2D eigenvalue weighted by Gasteiger charge is -2.22. The number of unbranched alkanes of at least 4 members (excludes halogenated alkanes) is 2. The number of nitrogens with zero attached hydrogens (tertiary/aromatic N) is 2. The van der Waals surface area contributed by atoms with Crippen LogP contribution in [0.1, 0.15) is 36.0 Å². The van der Waals surface area contributed by atoms with Crippen LogP contribution in [0.25, 0.3) is 22.0 Å². The smallest absolute Gasteiger partial charge is 0.217 e. The molecule has 7 heteroatoms. The summed E-state index contributed by atoms with van der Waals surface area (Å²) in [6.45, 7) is 1.39. The summed E-state index contributed by atoms with van der Waals surface area (Å²) in [5.74, 6) is 2.92. The Kier molecular flexibility index (Phi) is 8.23. The molecule has 0 spiro atoms. The van der Waals surface area contributed by atoms with Gasteiger partial charge in [-0.05, 0) is 60.4 Å². The molecule has 4 aromatic rings. The van der Waals surface area contributed by atoms with Crippen LogP contribution in [-0.2, 0) is 19.4 Å². The van der Waals surface area contributed by atoms with Gasteiger partial charge in [0.2, 0.25) is 5.69 Å². The Labute approximate surface area is 237 Å². The zero-order valence-corrected chi connectivity index (χ0v) is 24.1. The lowest BCUT2D eigenvalue weighted by molar-refractivity contribution is -0.686. The number of benzene rings is 3. The molecule has 6 nitrogen and oxygen atoms in total. The molecule has 0 atom stereocenters. The number of fused-ring (bicyclic) bond motifs is 4. The highest BCUT2D eigenvalue weighted by atomic mass is 79.9. The minimum Gasteiger partial charge on any atom is -0.493 e. The molecule has 1 aliphatic rings. The van der Waals surface area contributed by atoms with E-state index in [0.717, 1.165) is 70.3 Å². The zero-order valence-electron chi connectivity index (χ0n) is 22.6. The van der Waals surface area contributed by atoms with E-state index in [2.05, 4.69) is 75.2 Å². The molecule has 0 amide bonds. The van der Waals surface area contributed by atoms with Gasteiger partial charge in [-0.1, -0.05) is 28.1 Å². The van der Waals surface area contributed by atoms with E-state index in [1.54, 1.807) is 21.3 Å². The summed E-state index contributed by atoms with van der Waals surface area (Å²) in [4.78, 5) is 0. The van der Waals surface area contributed by atoms with Gasteiger partial charge in [-0.25, -0.2) is 0 Å². The van der Waals surface area contributed by atoms with E-state index in [1.807, 2.05) is 6.07 Å². The average Bonchev–Trinajstić information content (AvgIpc) is 2.96. The summed E-state index contributed by atoms with van der Waals surface area (Å²) >= 11 is 3.57. The second kappa shape index (κ2) is 12.0. The fourth-order valence-electron chi connectivity index (χ4n) is 5.37. The summed E-state index contributed by atoms with van der Waals surface area (Å²) in [7, 11) is 5.04. The third-order valence-electron chi connectivity index (χ3n) is 7.27. The first-order valence-electron chi connectivity index (χ1n) is 13.1. The Bertz CT molecular complexity index is 1540. The first-order chi connectivity index (χ1) is 19.1. The van der Waals surface area contributed by atoms with Crippen LogP contribution < -0.4 is 23.5 Å². The van der Waals surface area contributed by atoms with E-state index in [-0.39, 0.29) is 0 Å². The van der Waals surface area contributed by atoms with Gasteiger partial charge in [0.05, 0.1) is 45.0 Å². The first-order valence-corrected chi connectivity index (χ1v) is 13.9. The predicted octanol–water partition coefficient (Wildman–Crippen LogP) is 6.80. The molecule has 3 aromatic carbocycles. The molecule has 0 N–H and O–H groups in total. The van der Waals surface area contributed by atoms with Gasteiger partial charge in [-0.3, -0.25) is 0 Å². The minimum atomic E-state index is 0.546. The SMILES string of the molecule is COc1cc2c(cc1OCCCCC#N)CC[n+]1cc3c(OC)c(OC)ccc3c(Cc3ccc(Br)cc3)c1-2. The van der Waals surface area contributed by atoms with E-state index < -0.39 is 0 Å². The molecule has 0 fully saturated rings. The summed E-state index contributed by atoms with van der Waals surface area (Å²) < 4.78 is 26.8. The Morgan fingerprint density at radius 3 is 2.41 bits per heavy atom. The third-order valence-corrected chi connectivity index (χ3v) is 7.80. The van der Waals surface area contributed by atoms with Crippen molar-refractivity contribution >= 4 is 26.7 Å². The monoisotopic (exact) mass is 587 g/mol. The van der Waals surface area contributed by atoms with E-state index in [1.165, 1.54) is 22.4 Å². The predicted molar refractivity (Wildman–Crippen MR) is 155 cm³/mol. The Hall–Kier alpha value is -3.76. The highest BCUT2D eigenvalue weighted by Gasteiger charge is 2.31. The summed E-state index contributed by atoms with van der Waals surface area (Å²) in [5, 5.41) is 11.0. The molecule has 0 saturated heterocycles. The molecule has 0 saturated carbocycles. The van der Waals surface area contributed by atoms with Gasteiger partial charge in [0.25, 0.3) is 0 Å². The quantitative estimate of drug-likeness (QED) is 0.151. The Morgan fingerprint density at radius 1 is 0.897 bits per heavy atom. The summed E-state index contributed by atoms with van der Waals surface area (Å²) in [5.41, 5.74) is 6.01. The van der Waals surface area contributed by atoms with Crippen LogP contribution in [0.2, 0.25) is 0 Å². The number of aromatic nitrogens is 1. The molecule has 39 heavy (non-hydrogen) atoms. The molecule has 1 aromatic heterocycles. The van der Waals surface area contributed by atoms with Crippen LogP contribution in [0.3, 0.4) is 0 Å². The number of ether oxygens (including phenoxy) is 4. The molecular formula is C32H32BrN2O4+. The number of hydrogen-bond donors (Lipinski definition) is 0. The molecule has 1 aliphatic heterocycles. The van der Waals surface area contributed by atoms with Gasteiger partial charge in [0.15, 0.2) is 35.7 Å². The first kappa shape index (κ1) is 26.8. The second-order valence-electron chi connectivity index (χ2n) is 9.59. The topological polar surface area (TPSA) is 64.6 Å². The number of halogens is 1. The van der Waals surface area contributed by atoms with Gasteiger partial charge in [-0.2, -0.15) is 9.83 Å². The number of aryl methyl sites for hydroxylation is 2. The van der Waals surface area contributed by atoms with Gasteiger partial charge in [0.1, 0.15) is 0 Å². The molecule has 0 unspecified atom stereocenters. The lowest BCUT2D eigenvalue weighted by Crippen LogP contribution is -2.41. The van der Waals surface area contributed by atoms with E-state index in [0.29, 0.717) is 18.8 Å². The Morgan fingerprint density at radius 2 is 1.69 bits per heavy atom. The van der Waals surface area contributed by atoms with Crippen LogP contribution in [-0.4, -0.2) is 27.9 Å². The van der Waals surface area contributed by atoms with Gasteiger partial charge < -0.3 is 18.9 Å². The van der Waals surface area contributed by atoms with E-state index >= 15 is 0 Å². The average molecular weight is 589 g/mol. The maximum absolute atomic E-state index is 8.80. The fourth-order valence-corrected chi connectivity index (χ4v) is 5.64. The lowest BCUT2D eigenvalue weighted by atomic mass is 9.88. The maximum atomic E-state index is 8.80.